The number of rotatable bonds is 7. The van der Waals surface area contributed by atoms with E-state index >= 15 is 0 Å². The summed E-state index contributed by atoms with van der Waals surface area (Å²) in [6.07, 6.45) is 3.60. The van der Waals surface area contributed by atoms with Gasteiger partial charge in [0, 0.05) is 65.3 Å². The number of nitrogens with one attached hydrogen (secondary N) is 2. The predicted molar refractivity (Wildman–Crippen MR) is 123 cm³/mol. The van der Waals surface area contributed by atoms with Crippen LogP contribution in [0.1, 0.15) is 25.7 Å². The van der Waals surface area contributed by atoms with Gasteiger partial charge in [-0.2, -0.15) is 0 Å². The standard InChI is InChI=1S/C19H34N6O3.HI/c1-20-19(21-6-2-3-17(26)22-16-4-5-16)25-9-7-23(8-10-25)15-18(27)24-11-13-28-14-12-24;/h16H,2-15H2,1H3,(H,20,21)(H,22,26);1H. The van der Waals surface area contributed by atoms with Crippen LogP contribution in [0.5, 0.6) is 0 Å². The lowest BCUT2D eigenvalue weighted by atomic mass is 10.3. The maximum Gasteiger partial charge on any atom is 0.236 e. The third kappa shape index (κ3) is 8.25. The summed E-state index contributed by atoms with van der Waals surface area (Å²) in [6, 6.07) is 0.430. The Morgan fingerprint density at radius 1 is 1.03 bits per heavy atom. The summed E-state index contributed by atoms with van der Waals surface area (Å²) in [7, 11) is 1.79. The van der Waals surface area contributed by atoms with Gasteiger partial charge in [0.1, 0.15) is 0 Å². The second kappa shape index (κ2) is 12.5. The molecule has 0 aromatic heterocycles. The van der Waals surface area contributed by atoms with Gasteiger partial charge in [-0.1, -0.05) is 0 Å². The summed E-state index contributed by atoms with van der Waals surface area (Å²) in [5, 5.41) is 6.37. The van der Waals surface area contributed by atoms with Crippen LogP contribution >= 0.6 is 24.0 Å². The quantitative estimate of drug-likeness (QED) is 0.207. The monoisotopic (exact) mass is 522 g/mol. The summed E-state index contributed by atoms with van der Waals surface area (Å²) in [5.41, 5.74) is 0. The molecule has 0 spiro atoms. The van der Waals surface area contributed by atoms with Crippen molar-refractivity contribution < 1.29 is 14.3 Å². The Balaban J connectivity index is 0.00000300. The fourth-order valence-electron chi connectivity index (χ4n) is 3.53. The first-order chi connectivity index (χ1) is 13.7. The van der Waals surface area contributed by atoms with Crippen molar-refractivity contribution >= 4 is 41.8 Å². The molecule has 2 N–H and O–H groups in total. The highest BCUT2D eigenvalue weighted by atomic mass is 127. The summed E-state index contributed by atoms with van der Waals surface area (Å²) < 4.78 is 5.31. The molecule has 0 bridgehead atoms. The molecular formula is C19H35IN6O3. The van der Waals surface area contributed by atoms with E-state index in [9.17, 15) is 9.59 Å². The van der Waals surface area contributed by atoms with Crippen molar-refractivity contribution in [2.75, 3.05) is 72.6 Å². The normalized spacial score (nSPS) is 20.8. The second-order valence-corrected chi connectivity index (χ2v) is 7.68. The summed E-state index contributed by atoms with van der Waals surface area (Å²) in [6.45, 7) is 7.30. The summed E-state index contributed by atoms with van der Waals surface area (Å²) >= 11 is 0. The lowest BCUT2D eigenvalue weighted by molar-refractivity contribution is -0.136. The highest BCUT2D eigenvalue weighted by molar-refractivity contribution is 14.0. The molecule has 0 unspecified atom stereocenters. The van der Waals surface area contributed by atoms with E-state index in [4.69, 9.17) is 4.74 Å². The highest BCUT2D eigenvalue weighted by Crippen LogP contribution is 2.18. The van der Waals surface area contributed by atoms with Gasteiger partial charge in [0.2, 0.25) is 11.8 Å². The number of ether oxygens (including phenoxy) is 1. The molecule has 3 fully saturated rings. The van der Waals surface area contributed by atoms with Gasteiger partial charge in [0.15, 0.2) is 5.96 Å². The Morgan fingerprint density at radius 2 is 1.72 bits per heavy atom. The highest BCUT2D eigenvalue weighted by Gasteiger charge is 2.24. The Morgan fingerprint density at radius 3 is 2.34 bits per heavy atom. The number of halogens is 1. The number of amides is 2. The Bertz CT molecular complexity index is 558. The zero-order valence-corrected chi connectivity index (χ0v) is 19.7. The Kier molecular flexibility index (Phi) is 10.4. The van der Waals surface area contributed by atoms with Crippen LogP contribution in [-0.4, -0.2) is 111 Å². The first-order valence-corrected chi connectivity index (χ1v) is 10.5. The topological polar surface area (TPSA) is 89.5 Å². The molecule has 2 saturated heterocycles. The first kappa shape index (κ1) is 24.1. The molecule has 2 heterocycles. The lowest BCUT2D eigenvalue weighted by Gasteiger charge is -2.37. The SMILES string of the molecule is CN=C(NCCCC(=O)NC1CC1)N1CCN(CC(=O)N2CCOCC2)CC1.I. The van der Waals surface area contributed by atoms with Gasteiger partial charge in [-0.25, -0.2) is 0 Å². The van der Waals surface area contributed by atoms with Gasteiger partial charge < -0.3 is 25.2 Å². The van der Waals surface area contributed by atoms with E-state index in [1.807, 2.05) is 4.90 Å². The smallest absolute Gasteiger partial charge is 0.236 e. The van der Waals surface area contributed by atoms with Gasteiger partial charge in [-0.15, -0.1) is 24.0 Å². The largest absolute Gasteiger partial charge is 0.378 e. The molecule has 9 nitrogen and oxygen atoms in total. The minimum absolute atomic E-state index is 0. The predicted octanol–water partition coefficient (Wildman–Crippen LogP) is -0.285. The first-order valence-electron chi connectivity index (χ1n) is 10.5. The van der Waals surface area contributed by atoms with Crippen LogP contribution in [0.3, 0.4) is 0 Å². The molecule has 2 aliphatic heterocycles. The van der Waals surface area contributed by atoms with Crippen molar-refractivity contribution in [1.29, 1.82) is 0 Å². The Hall–Kier alpha value is -1.14. The zero-order valence-electron chi connectivity index (χ0n) is 17.4. The van der Waals surface area contributed by atoms with E-state index in [1.54, 1.807) is 7.05 Å². The summed E-state index contributed by atoms with van der Waals surface area (Å²) in [4.78, 5) is 34.8. The molecule has 0 radical (unpaired) electrons. The van der Waals surface area contributed by atoms with Crippen molar-refractivity contribution in [1.82, 2.24) is 25.3 Å². The maximum absolute atomic E-state index is 12.4. The molecule has 3 rings (SSSR count). The van der Waals surface area contributed by atoms with Crippen molar-refractivity contribution in [3.8, 4) is 0 Å². The molecule has 1 aliphatic carbocycles. The third-order valence-corrected chi connectivity index (χ3v) is 5.41. The number of morpholine rings is 1. The van der Waals surface area contributed by atoms with E-state index < -0.39 is 0 Å². The number of carbonyl (C=O) groups excluding carboxylic acids is 2. The molecule has 2 amide bonds. The fourth-order valence-corrected chi connectivity index (χ4v) is 3.53. The molecule has 0 aromatic rings. The molecule has 29 heavy (non-hydrogen) atoms. The fraction of sp³-hybridized carbons (Fsp3) is 0.842. The molecule has 10 heteroatoms. The van der Waals surface area contributed by atoms with E-state index in [0.29, 0.717) is 45.3 Å². The van der Waals surface area contributed by atoms with Crippen LogP contribution in [0.2, 0.25) is 0 Å². The minimum atomic E-state index is 0. The van der Waals surface area contributed by atoms with Gasteiger partial charge in [0.25, 0.3) is 0 Å². The van der Waals surface area contributed by atoms with Gasteiger partial charge in [-0.3, -0.25) is 19.5 Å². The van der Waals surface area contributed by atoms with E-state index in [-0.39, 0.29) is 35.8 Å². The third-order valence-electron chi connectivity index (χ3n) is 5.41. The minimum Gasteiger partial charge on any atom is -0.378 e. The number of aliphatic imine (C=N–C) groups is 1. The van der Waals surface area contributed by atoms with Crippen molar-refractivity contribution in [3.63, 3.8) is 0 Å². The molecule has 166 valence electrons. The molecule has 0 atom stereocenters. The van der Waals surface area contributed by atoms with Crippen molar-refractivity contribution in [3.05, 3.63) is 0 Å². The van der Waals surface area contributed by atoms with Crippen molar-refractivity contribution in [2.24, 2.45) is 4.99 Å². The van der Waals surface area contributed by atoms with Crippen LogP contribution in [0.25, 0.3) is 0 Å². The average molecular weight is 522 g/mol. The number of nitrogens with zero attached hydrogens (tertiary/aromatic N) is 4. The van der Waals surface area contributed by atoms with Crippen LogP contribution in [-0.2, 0) is 14.3 Å². The van der Waals surface area contributed by atoms with E-state index in [2.05, 4.69) is 25.4 Å². The number of hydrogen-bond acceptors (Lipinski definition) is 5. The Labute approximate surface area is 190 Å². The van der Waals surface area contributed by atoms with Crippen molar-refractivity contribution in [2.45, 2.75) is 31.7 Å². The average Bonchev–Trinajstić information content (AvgIpc) is 3.53. The van der Waals surface area contributed by atoms with E-state index in [0.717, 1.165) is 57.9 Å². The maximum atomic E-state index is 12.4. The van der Waals surface area contributed by atoms with Gasteiger partial charge in [-0.05, 0) is 19.3 Å². The van der Waals surface area contributed by atoms with Gasteiger partial charge >= 0.3 is 0 Å². The lowest BCUT2D eigenvalue weighted by Crippen LogP contribution is -2.55. The number of piperazine rings is 1. The number of carbonyl (C=O) groups is 2. The van der Waals surface area contributed by atoms with Crippen LogP contribution in [0.4, 0.5) is 0 Å². The van der Waals surface area contributed by atoms with Gasteiger partial charge in [0.05, 0.1) is 19.8 Å². The summed E-state index contributed by atoms with van der Waals surface area (Å²) in [5.74, 6) is 1.23. The molecule has 0 aromatic carbocycles. The zero-order chi connectivity index (χ0) is 19.8. The van der Waals surface area contributed by atoms with Crippen LogP contribution in [0, 0.1) is 0 Å². The second-order valence-electron chi connectivity index (χ2n) is 7.68. The molecule has 3 aliphatic rings. The van der Waals surface area contributed by atoms with Crippen LogP contribution in [0.15, 0.2) is 4.99 Å². The number of guanidine groups is 1. The van der Waals surface area contributed by atoms with E-state index in [1.165, 1.54) is 0 Å². The van der Waals surface area contributed by atoms with Crippen LogP contribution < -0.4 is 10.6 Å². The molecular weight excluding hydrogens is 487 g/mol. The number of hydrogen-bond donors (Lipinski definition) is 2. The molecule has 1 saturated carbocycles.